The lowest BCUT2D eigenvalue weighted by Crippen LogP contribution is -2.37. The molecule has 38 heavy (non-hydrogen) atoms. The van der Waals surface area contributed by atoms with E-state index in [2.05, 4.69) is 9.97 Å². The van der Waals surface area contributed by atoms with Gasteiger partial charge in [-0.15, -0.1) is 0 Å². The van der Waals surface area contributed by atoms with Crippen LogP contribution in [0.3, 0.4) is 0 Å². The molecule has 0 saturated carbocycles. The number of aromatic amines is 1. The summed E-state index contributed by atoms with van der Waals surface area (Å²) in [5.41, 5.74) is 4.22. The van der Waals surface area contributed by atoms with Crippen molar-refractivity contribution >= 4 is 23.1 Å². The van der Waals surface area contributed by atoms with E-state index in [1.165, 1.54) is 34.4 Å². The van der Waals surface area contributed by atoms with Gasteiger partial charge in [0.25, 0.3) is 5.56 Å². The van der Waals surface area contributed by atoms with E-state index in [1.807, 2.05) is 4.90 Å². The number of alkyl halides is 6. The number of carboxylic acid groups (broad SMARTS) is 1. The number of H-pyrrole nitrogens is 1. The number of anilines is 1. The maximum absolute atomic E-state index is 13.6. The van der Waals surface area contributed by atoms with Crippen molar-refractivity contribution in [3.8, 4) is 0 Å². The number of fused-ring (bicyclic) bond motifs is 1. The predicted molar refractivity (Wildman–Crippen MR) is 124 cm³/mol. The molecule has 1 saturated heterocycles. The molecule has 1 aromatic carbocycles. The molecule has 16 heteroatoms. The molecule has 2 aromatic heterocycles. The van der Waals surface area contributed by atoms with Crippen LogP contribution in [0.5, 0.6) is 0 Å². The van der Waals surface area contributed by atoms with Gasteiger partial charge in [-0.2, -0.15) is 31.3 Å². The van der Waals surface area contributed by atoms with Gasteiger partial charge < -0.3 is 15.7 Å². The van der Waals surface area contributed by atoms with Gasteiger partial charge in [-0.05, 0) is 24.5 Å². The van der Waals surface area contributed by atoms with Crippen LogP contribution >= 0.6 is 0 Å². The summed E-state index contributed by atoms with van der Waals surface area (Å²) >= 11 is 0. The Morgan fingerprint density at radius 2 is 1.79 bits per heavy atom. The molecule has 1 aliphatic rings. The van der Waals surface area contributed by atoms with E-state index in [9.17, 15) is 35.9 Å². The number of hydrogen-bond acceptors (Lipinski definition) is 6. The first-order chi connectivity index (χ1) is 17.6. The maximum atomic E-state index is 13.6. The molecule has 4 N–H and O–H groups in total. The van der Waals surface area contributed by atoms with Crippen molar-refractivity contribution < 1.29 is 36.2 Å². The van der Waals surface area contributed by atoms with Crippen LogP contribution in [0.4, 0.5) is 32.3 Å². The first-order valence-corrected chi connectivity index (χ1v) is 11.3. The Hall–Kier alpha value is -3.82. The third-order valence-corrected chi connectivity index (χ3v) is 5.87. The highest BCUT2D eigenvalue weighted by atomic mass is 19.4. The van der Waals surface area contributed by atoms with E-state index < -0.39 is 35.1 Å². The van der Waals surface area contributed by atoms with E-state index in [-0.39, 0.29) is 29.3 Å². The molecule has 0 bridgehead atoms. The molecule has 0 aliphatic carbocycles. The molecule has 0 amide bonds. The van der Waals surface area contributed by atoms with Crippen LogP contribution in [0, 0.1) is 0 Å². The number of aliphatic carboxylic acids is 1. The molecule has 1 unspecified atom stereocenters. The minimum Gasteiger partial charge on any atom is -0.475 e. The fraction of sp³-hybridized carbons (Fsp3) is 0.455. The van der Waals surface area contributed by atoms with Gasteiger partial charge in [0.05, 0.1) is 12.1 Å². The van der Waals surface area contributed by atoms with E-state index in [0.29, 0.717) is 19.0 Å². The Balaban J connectivity index is 0.000000505. The van der Waals surface area contributed by atoms with Crippen LogP contribution in [0.25, 0.3) is 11.2 Å². The van der Waals surface area contributed by atoms with E-state index in [4.69, 9.17) is 15.6 Å². The number of carbonyl (C=O) groups is 1. The molecule has 1 fully saturated rings. The van der Waals surface area contributed by atoms with Crippen molar-refractivity contribution in [2.75, 3.05) is 18.0 Å². The number of aryl methyl sites for hydroxylation is 1. The van der Waals surface area contributed by atoms with Gasteiger partial charge in [0, 0.05) is 26.2 Å². The van der Waals surface area contributed by atoms with Crippen LogP contribution in [-0.2, 0) is 24.6 Å². The standard InChI is InChI=1S/C20H23F3N6O2.C2HF3O2/c1-27-16-15(17(30)26-19(27)31)29(10-12-6-2-3-8-14(12)20(21,22)23)18(25-16)28-9-5-4-7-13(24)11-28;3-2(4,5)1(6)7/h2-3,6,8,13H,4-5,7,9-11,24H2,1H3,(H,26,30,31);(H,6,7). The SMILES string of the molecule is Cn1c(=O)[nH]c(=O)c2c1nc(N1CCCCC(N)C1)n2Cc1ccccc1C(F)(F)F.O=C(O)C(F)(F)F. The quantitative estimate of drug-likeness (QED) is 0.426. The Labute approximate surface area is 210 Å². The van der Waals surface area contributed by atoms with Gasteiger partial charge in [-0.3, -0.25) is 18.9 Å². The lowest BCUT2D eigenvalue weighted by molar-refractivity contribution is -0.192. The van der Waals surface area contributed by atoms with E-state index in [1.54, 1.807) is 0 Å². The smallest absolute Gasteiger partial charge is 0.475 e. The van der Waals surface area contributed by atoms with Crippen molar-refractivity contribution in [3.63, 3.8) is 0 Å². The highest BCUT2D eigenvalue weighted by Crippen LogP contribution is 2.33. The minimum atomic E-state index is -5.08. The molecule has 0 spiro atoms. The van der Waals surface area contributed by atoms with Gasteiger partial charge in [-0.25, -0.2) is 9.59 Å². The van der Waals surface area contributed by atoms with Crippen LogP contribution in [0.2, 0.25) is 0 Å². The minimum absolute atomic E-state index is 0.00271. The number of benzene rings is 1. The predicted octanol–water partition coefficient (Wildman–Crippen LogP) is 2.44. The number of aromatic nitrogens is 4. The number of nitrogens with two attached hydrogens (primary N) is 1. The Kier molecular flexibility index (Phi) is 8.24. The summed E-state index contributed by atoms with van der Waals surface area (Å²) in [6, 6.07) is 5.10. The van der Waals surface area contributed by atoms with E-state index in [0.717, 1.165) is 25.3 Å². The zero-order chi connectivity index (χ0) is 28.4. The monoisotopic (exact) mass is 550 g/mol. The summed E-state index contributed by atoms with van der Waals surface area (Å²) in [4.78, 5) is 42.3. The largest absolute Gasteiger partial charge is 0.490 e. The summed E-state index contributed by atoms with van der Waals surface area (Å²) < 4.78 is 75.1. The van der Waals surface area contributed by atoms with Crippen molar-refractivity contribution in [3.05, 3.63) is 56.2 Å². The first-order valence-electron chi connectivity index (χ1n) is 11.3. The highest BCUT2D eigenvalue weighted by Gasteiger charge is 2.38. The number of nitrogens with one attached hydrogen (secondary N) is 1. The van der Waals surface area contributed by atoms with Gasteiger partial charge in [0.1, 0.15) is 0 Å². The van der Waals surface area contributed by atoms with Gasteiger partial charge >= 0.3 is 24.0 Å². The average molecular weight is 550 g/mol. The number of hydrogen-bond donors (Lipinski definition) is 3. The fourth-order valence-corrected chi connectivity index (χ4v) is 4.08. The Morgan fingerprint density at radius 1 is 1.16 bits per heavy atom. The second-order valence-electron chi connectivity index (χ2n) is 8.65. The Morgan fingerprint density at radius 3 is 2.39 bits per heavy atom. The molecule has 4 rings (SSSR count). The molecule has 208 valence electrons. The summed E-state index contributed by atoms with van der Waals surface area (Å²) in [5.74, 6) is -2.43. The van der Waals surface area contributed by atoms with Crippen molar-refractivity contribution in [2.24, 2.45) is 12.8 Å². The first kappa shape index (κ1) is 28.7. The number of nitrogens with zero attached hydrogens (tertiary/aromatic N) is 4. The summed E-state index contributed by atoms with van der Waals surface area (Å²) in [7, 11) is 1.46. The van der Waals surface area contributed by atoms with Gasteiger partial charge in [0.15, 0.2) is 11.2 Å². The lowest BCUT2D eigenvalue weighted by Gasteiger charge is -2.25. The van der Waals surface area contributed by atoms with Crippen LogP contribution in [0.1, 0.15) is 30.4 Å². The Bertz CT molecular complexity index is 1420. The molecular formula is C22H24F6N6O4. The second-order valence-corrected chi connectivity index (χ2v) is 8.65. The zero-order valence-electron chi connectivity index (χ0n) is 19.9. The summed E-state index contributed by atoms with van der Waals surface area (Å²) in [6.45, 7) is 0.828. The van der Waals surface area contributed by atoms with Crippen LogP contribution in [0.15, 0.2) is 33.9 Å². The van der Waals surface area contributed by atoms with Crippen molar-refractivity contribution in [1.82, 2.24) is 19.1 Å². The molecule has 1 atom stereocenters. The third kappa shape index (κ3) is 6.35. The number of rotatable bonds is 3. The van der Waals surface area contributed by atoms with E-state index >= 15 is 0 Å². The lowest BCUT2D eigenvalue weighted by atomic mass is 10.1. The molecule has 10 nitrogen and oxygen atoms in total. The topological polar surface area (TPSA) is 139 Å². The second kappa shape index (κ2) is 10.9. The molecule has 3 aromatic rings. The van der Waals surface area contributed by atoms with Crippen molar-refractivity contribution in [1.29, 1.82) is 0 Å². The molecule has 3 heterocycles. The molecule has 1 aliphatic heterocycles. The van der Waals surface area contributed by atoms with Gasteiger partial charge in [-0.1, -0.05) is 24.6 Å². The highest BCUT2D eigenvalue weighted by molar-refractivity contribution is 5.75. The number of imidazole rings is 1. The third-order valence-electron chi connectivity index (χ3n) is 5.87. The average Bonchev–Trinajstić information content (AvgIpc) is 3.05. The number of carboxylic acids is 1. The normalized spacial score (nSPS) is 16.6. The summed E-state index contributed by atoms with van der Waals surface area (Å²) in [5, 5.41) is 7.12. The van der Waals surface area contributed by atoms with Crippen molar-refractivity contribution in [2.45, 2.75) is 44.2 Å². The summed E-state index contributed by atoms with van der Waals surface area (Å²) in [6.07, 6.45) is -7.04. The molecule has 0 radical (unpaired) electrons. The fourth-order valence-electron chi connectivity index (χ4n) is 4.08. The zero-order valence-corrected chi connectivity index (χ0v) is 19.9. The van der Waals surface area contributed by atoms with Crippen LogP contribution in [-0.4, -0.2) is 55.5 Å². The maximum Gasteiger partial charge on any atom is 0.490 e. The van der Waals surface area contributed by atoms with Gasteiger partial charge in [0.2, 0.25) is 5.95 Å². The van der Waals surface area contributed by atoms with Crippen LogP contribution < -0.4 is 21.9 Å². The molecular weight excluding hydrogens is 526 g/mol. The number of halogens is 6.